The van der Waals surface area contributed by atoms with Gasteiger partial charge in [-0.1, -0.05) is 24.3 Å². The van der Waals surface area contributed by atoms with E-state index in [1.54, 1.807) is 30.0 Å². The number of carbonyl (C=O) groups is 2. The van der Waals surface area contributed by atoms with Gasteiger partial charge in [-0.2, -0.15) is 0 Å². The first kappa shape index (κ1) is 23.6. The molecule has 0 saturated carbocycles. The second-order valence-corrected chi connectivity index (χ2v) is 7.79. The quantitative estimate of drug-likeness (QED) is 0.388. The molecule has 0 bridgehead atoms. The zero-order valence-corrected chi connectivity index (χ0v) is 18.8. The van der Waals surface area contributed by atoms with Gasteiger partial charge < -0.3 is 19.9 Å². The lowest BCUT2D eigenvalue weighted by molar-refractivity contribution is -0.115. The standard InChI is InChI=1S/C26H22F2N4O3/c1-35-21-4-2-3-18(11-21)12-25(33)30-19-7-5-17(6-8-19)14-32-15-24(29-16-32)26(34)31-20-9-10-22(27)23(28)13-20/h2-11,13,15-16H,12,14H2,1H3,(H,30,33)(H,31,34). The second kappa shape index (κ2) is 10.6. The fourth-order valence-electron chi connectivity index (χ4n) is 3.41. The SMILES string of the molecule is COc1cccc(CC(=O)Nc2ccc(Cn3cnc(C(=O)Nc4ccc(F)c(F)c4)c3)cc2)c1. The highest BCUT2D eigenvalue weighted by molar-refractivity contribution is 6.02. The summed E-state index contributed by atoms with van der Waals surface area (Å²) in [6.45, 7) is 0.448. The van der Waals surface area contributed by atoms with Crippen LogP contribution in [-0.4, -0.2) is 28.5 Å². The number of rotatable bonds is 8. The fourth-order valence-corrected chi connectivity index (χ4v) is 3.41. The topological polar surface area (TPSA) is 85.2 Å². The summed E-state index contributed by atoms with van der Waals surface area (Å²) in [5, 5.41) is 5.35. The van der Waals surface area contributed by atoms with Crippen LogP contribution in [-0.2, 0) is 17.8 Å². The Balaban J connectivity index is 1.32. The molecule has 35 heavy (non-hydrogen) atoms. The molecule has 1 aromatic heterocycles. The molecule has 0 aliphatic heterocycles. The minimum Gasteiger partial charge on any atom is -0.497 e. The van der Waals surface area contributed by atoms with E-state index in [1.807, 2.05) is 36.4 Å². The summed E-state index contributed by atoms with van der Waals surface area (Å²) in [4.78, 5) is 28.8. The summed E-state index contributed by atoms with van der Waals surface area (Å²) in [7, 11) is 1.58. The summed E-state index contributed by atoms with van der Waals surface area (Å²) < 4.78 is 33.3. The van der Waals surface area contributed by atoms with Crippen LogP contribution in [0.3, 0.4) is 0 Å². The molecule has 7 nitrogen and oxygen atoms in total. The maximum atomic E-state index is 13.3. The zero-order chi connectivity index (χ0) is 24.8. The number of nitrogens with one attached hydrogen (secondary N) is 2. The molecule has 178 valence electrons. The van der Waals surface area contributed by atoms with Crippen molar-refractivity contribution in [2.24, 2.45) is 0 Å². The minimum absolute atomic E-state index is 0.132. The maximum Gasteiger partial charge on any atom is 0.275 e. The summed E-state index contributed by atoms with van der Waals surface area (Å²) in [5.74, 6) is -2.02. The smallest absolute Gasteiger partial charge is 0.275 e. The highest BCUT2D eigenvalue weighted by Crippen LogP contribution is 2.16. The lowest BCUT2D eigenvalue weighted by Crippen LogP contribution is -2.14. The van der Waals surface area contributed by atoms with Gasteiger partial charge in [-0.25, -0.2) is 13.8 Å². The molecule has 0 saturated heterocycles. The van der Waals surface area contributed by atoms with Crippen LogP contribution in [0.2, 0.25) is 0 Å². The fraction of sp³-hybridized carbons (Fsp3) is 0.115. The molecule has 0 unspecified atom stereocenters. The third kappa shape index (κ3) is 6.29. The zero-order valence-electron chi connectivity index (χ0n) is 18.8. The molecule has 1 heterocycles. The molecular weight excluding hydrogens is 454 g/mol. The van der Waals surface area contributed by atoms with E-state index in [1.165, 1.54) is 12.4 Å². The highest BCUT2D eigenvalue weighted by Gasteiger charge is 2.12. The van der Waals surface area contributed by atoms with Gasteiger partial charge in [-0.3, -0.25) is 9.59 Å². The number of aromatic nitrogens is 2. The number of nitrogens with zero attached hydrogens (tertiary/aromatic N) is 2. The molecule has 0 aliphatic carbocycles. The normalized spacial score (nSPS) is 10.6. The number of anilines is 2. The number of benzene rings is 3. The average molecular weight is 476 g/mol. The minimum atomic E-state index is -1.05. The lowest BCUT2D eigenvalue weighted by Gasteiger charge is -2.08. The van der Waals surface area contributed by atoms with Crippen LogP contribution in [0.4, 0.5) is 20.2 Å². The third-order valence-electron chi connectivity index (χ3n) is 5.15. The average Bonchev–Trinajstić information content (AvgIpc) is 3.31. The van der Waals surface area contributed by atoms with Crippen LogP contribution in [0.5, 0.6) is 5.75 Å². The number of hydrogen-bond donors (Lipinski definition) is 2. The van der Waals surface area contributed by atoms with Crippen LogP contribution < -0.4 is 15.4 Å². The van der Waals surface area contributed by atoms with E-state index in [2.05, 4.69) is 15.6 Å². The summed E-state index contributed by atoms with van der Waals surface area (Å²) in [5.41, 5.74) is 2.71. The maximum absolute atomic E-state index is 13.3. The van der Waals surface area contributed by atoms with Crippen molar-refractivity contribution in [3.63, 3.8) is 0 Å². The van der Waals surface area contributed by atoms with E-state index < -0.39 is 17.5 Å². The van der Waals surface area contributed by atoms with E-state index in [0.717, 1.165) is 23.3 Å². The molecule has 9 heteroatoms. The molecule has 0 spiro atoms. The van der Waals surface area contributed by atoms with Crippen molar-refractivity contribution < 1.29 is 23.1 Å². The molecule has 0 radical (unpaired) electrons. The van der Waals surface area contributed by atoms with E-state index >= 15 is 0 Å². The molecule has 0 fully saturated rings. The van der Waals surface area contributed by atoms with Crippen LogP contribution in [0, 0.1) is 11.6 Å². The largest absolute Gasteiger partial charge is 0.497 e. The van der Waals surface area contributed by atoms with Crippen molar-refractivity contribution in [1.29, 1.82) is 0 Å². The molecule has 0 atom stereocenters. The Labute approximate surface area is 200 Å². The third-order valence-corrected chi connectivity index (χ3v) is 5.15. The first-order valence-corrected chi connectivity index (χ1v) is 10.7. The number of methoxy groups -OCH3 is 1. The number of ether oxygens (including phenoxy) is 1. The van der Waals surface area contributed by atoms with Gasteiger partial charge in [0.1, 0.15) is 11.4 Å². The highest BCUT2D eigenvalue weighted by atomic mass is 19.2. The summed E-state index contributed by atoms with van der Waals surface area (Å²) in [6.07, 6.45) is 3.28. The van der Waals surface area contributed by atoms with E-state index in [-0.39, 0.29) is 23.7 Å². The first-order valence-electron chi connectivity index (χ1n) is 10.7. The van der Waals surface area contributed by atoms with Gasteiger partial charge in [0, 0.05) is 30.2 Å². The van der Waals surface area contributed by atoms with E-state index in [4.69, 9.17) is 4.74 Å². The van der Waals surface area contributed by atoms with Gasteiger partial charge in [0.25, 0.3) is 5.91 Å². The predicted octanol–water partition coefficient (Wildman–Crippen LogP) is 4.65. The van der Waals surface area contributed by atoms with Gasteiger partial charge >= 0.3 is 0 Å². The number of carbonyl (C=O) groups excluding carboxylic acids is 2. The monoisotopic (exact) mass is 476 g/mol. The molecule has 0 aliphatic rings. The van der Waals surface area contributed by atoms with Gasteiger partial charge in [0.2, 0.25) is 5.91 Å². The molecule has 4 rings (SSSR count). The van der Waals surface area contributed by atoms with E-state index in [0.29, 0.717) is 18.0 Å². The molecule has 2 N–H and O–H groups in total. The van der Waals surface area contributed by atoms with E-state index in [9.17, 15) is 18.4 Å². The Hall–Kier alpha value is -4.53. The van der Waals surface area contributed by atoms with Crippen LogP contribution in [0.1, 0.15) is 21.6 Å². The molecule has 3 aromatic carbocycles. The van der Waals surface area contributed by atoms with Crippen LogP contribution >= 0.6 is 0 Å². The molecule has 2 amide bonds. The number of amides is 2. The predicted molar refractivity (Wildman–Crippen MR) is 127 cm³/mol. The van der Waals surface area contributed by atoms with Crippen molar-refractivity contribution >= 4 is 23.2 Å². The summed E-state index contributed by atoms with van der Waals surface area (Å²) >= 11 is 0. The number of imidazole rings is 1. The van der Waals surface area contributed by atoms with Gasteiger partial charge in [0.05, 0.1) is 19.9 Å². The van der Waals surface area contributed by atoms with Crippen LogP contribution in [0.15, 0.2) is 79.3 Å². The van der Waals surface area contributed by atoms with Gasteiger partial charge in [-0.05, 0) is 47.5 Å². The Morgan fingerprint density at radius 3 is 2.43 bits per heavy atom. The van der Waals surface area contributed by atoms with Gasteiger partial charge in [-0.15, -0.1) is 0 Å². The molecule has 4 aromatic rings. The Morgan fingerprint density at radius 1 is 0.914 bits per heavy atom. The van der Waals surface area contributed by atoms with Crippen molar-refractivity contribution in [3.8, 4) is 5.75 Å². The van der Waals surface area contributed by atoms with Crippen molar-refractivity contribution in [3.05, 3.63) is 108 Å². The Bertz CT molecular complexity index is 1350. The van der Waals surface area contributed by atoms with Crippen molar-refractivity contribution in [2.75, 3.05) is 17.7 Å². The Morgan fingerprint density at radius 2 is 1.69 bits per heavy atom. The van der Waals surface area contributed by atoms with Crippen molar-refractivity contribution in [1.82, 2.24) is 9.55 Å². The van der Waals surface area contributed by atoms with Crippen LogP contribution in [0.25, 0.3) is 0 Å². The lowest BCUT2D eigenvalue weighted by atomic mass is 10.1. The van der Waals surface area contributed by atoms with Gasteiger partial charge in [0.15, 0.2) is 11.6 Å². The number of hydrogen-bond acceptors (Lipinski definition) is 4. The van der Waals surface area contributed by atoms with Crippen molar-refractivity contribution in [2.45, 2.75) is 13.0 Å². The number of halogens is 2. The summed E-state index contributed by atoms with van der Waals surface area (Å²) in [6, 6.07) is 17.8. The second-order valence-electron chi connectivity index (χ2n) is 7.79. The Kier molecular flexibility index (Phi) is 7.15. The first-order chi connectivity index (χ1) is 16.9. The molecular formula is C26H22F2N4O3.